The van der Waals surface area contributed by atoms with Gasteiger partial charge in [0.25, 0.3) is 0 Å². The summed E-state index contributed by atoms with van der Waals surface area (Å²) < 4.78 is 10.4. The van der Waals surface area contributed by atoms with Crippen LogP contribution in [-0.2, 0) is 22.6 Å². The Morgan fingerprint density at radius 2 is 1.82 bits per heavy atom. The highest BCUT2D eigenvalue weighted by atomic mass is 16.5. The second-order valence-corrected chi connectivity index (χ2v) is 7.09. The summed E-state index contributed by atoms with van der Waals surface area (Å²) in [5.74, 6) is 0.554. The topological polar surface area (TPSA) is 59.0 Å². The maximum Gasteiger partial charge on any atom is 0.305 e. The van der Waals surface area contributed by atoms with Crippen molar-refractivity contribution in [3.63, 3.8) is 0 Å². The molecule has 0 saturated carbocycles. The van der Waals surface area contributed by atoms with Crippen molar-refractivity contribution in [1.29, 1.82) is 0 Å². The Kier molecular flexibility index (Phi) is 8.98. The molecule has 0 bridgehead atoms. The Balaban J connectivity index is 2.02. The van der Waals surface area contributed by atoms with Crippen molar-refractivity contribution in [2.45, 2.75) is 45.9 Å². The minimum absolute atomic E-state index is 0.0196. The van der Waals surface area contributed by atoms with Gasteiger partial charge in [-0.3, -0.25) is 9.69 Å². The van der Waals surface area contributed by atoms with Crippen LogP contribution in [0.5, 0.6) is 5.75 Å². The Morgan fingerprint density at radius 3 is 2.46 bits per heavy atom. The molecule has 0 heterocycles. The third-order valence-electron chi connectivity index (χ3n) is 4.41. The molecular weight excluding hydrogens is 354 g/mol. The normalized spacial score (nSPS) is 12.0. The summed E-state index contributed by atoms with van der Waals surface area (Å²) in [6, 6.07) is 16.3. The van der Waals surface area contributed by atoms with Gasteiger partial charge in [0.15, 0.2) is 0 Å². The number of nitrogens with zero attached hydrogens (tertiary/aromatic N) is 1. The lowest BCUT2D eigenvalue weighted by Gasteiger charge is -2.25. The van der Waals surface area contributed by atoms with Crippen LogP contribution in [0, 0.1) is 6.92 Å². The Bertz CT molecular complexity index is 730. The predicted octanol–water partition coefficient (Wildman–Crippen LogP) is 3.71. The molecule has 0 radical (unpaired) electrons. The summed E-state index contributed by atoms with van der Waals surface area (Å²) >= 11 is 0. The third kappa shape index (κ3) is 7.71. The van der Waals surface area contributed by atoms with Gasteiger partial charge < -0.3 is 14.6 Å². The molecule has 0 aliphatic rings. The Labute approximate surface area is 167 Å². The van der Waals surface area contributed by atoms with Crippen LogP contribution in [0.25, 0.3) is 0 Å². The Morgan fingerprint density at radius 1 is 1.11 bits per heavy atom. The average Bonchev–Trinajstić information content (AvgIpc) is 2.67. The molecule has 0 saturated heterocycles. The van der Waals surface area contributed by atoms with E-state index < -0.39 is 6.10 Å². The first kappa shape index (κ1) is 21.9. The summed E-state index contributed by atoms with van der Waals surface area (Å²) in [6.45, 7) is 5.81. The number of aliphatic hydroxyl groups is 1. The van der Waals surface area contributed by atoms with Crippen LogP contribution in [-0.4, -0.2) is 42.3 Å². The van der Waals surface area contributed by atoms with Crippen LogP contribution in [0.4, 0.5) is 0 Å². The molecule has 5 nitrogen and oxygen atoms in total. The number of esters is 1. The largest absolute Gasteiger partial charge is 0.497 e. The van der Waals surface area contributed by atoms with E-state index in [4.69, 9.17) is 9.47 Å². The van der Waals surface area contributed by atoms with Crippen molar-refractivity contribution >= 4 is 5.97 Å². The molecule has 0 spiro atoms. The fourth-order valence-electron chi connectivity index (χ4n) is 3.06. The molecule has 0 amide bonds. The summed E-state index contributed by atoms with van der Waals surface area (Å²) in [5, 5.41) is 10.4. The lowest BCUT2D eigenvalue weighted by Crippen LogP contribution is -2.34. The summed E-state index contributed by atoms with van der Waals surface area (Å²) in [7, 11) is 1.65. The number of hydrogen-bond acceptors (Lipinski definition) is 5. The van der Waals surface area contributed by atoms with E-state index in [0.717, 1.165) is 17.7 Å². The van der Waals surface area contributed by atoms with E-state index in [1.54, 1.807) is 7.11 Å². The second-order valence-electron chi connectivity index (χ2n) is 7.09. The van der Waals surface area contributed by atoms with Gasteiger partial charge in [0.2, 0.25) is 0 Å². The molecular formula is C23H31NO4. The molecule has 1 atom stereocenters. The molecule has 28 heavy (non-hydrogen) atoms. The van der Waals surface area contributed by atoms with Crippen molar-refractivity contribution in [2.75, 3.05) is 20.3 Å². The summed E-state index contributed by atoms with van der Waals surface area (Å²) in [6.07, 6.45) is 0.390. The smallest absolute Gasteiger partial charge is 0.305 e. The minimum Gasteiger partial charge on any atom is -0.497 e. The Hall–Kier alpha value is -2.37. The fourth-order valence-corrected chi connectivity index (χ4v) is 3.06. The van der Waals surface area contributed by atoms with Crippen LogP contribution in [0.3, 0.4) is 0 Å². The van der Waals surface area contributed by atoms with Gasteiger partial charge in [0, 0.05) is 26.1 Å². The van der Waals surface area contributed by atoms with Crippen LogP contribution in [0.2, 0.25) is 0 Å². The van der Waals surface area contributed by atoms with E-state index in [9.17, 15) is 9.90 Å². The van der Waals surface area contributed by atoms with Gasteiger partial charge in [0.05, 0.1) is 7.11 Å². The fraction of sp³-hybridized carbons (Fsp3) is 0.435. The summed E-state index contributed by atoms with van der Waals surface area (Å²) in [5.41, 5.74) is 3.52. The van der Waals surface area contributed by atoms with Crippen molar-refractivity contribution in [3.05, 3.63) is 65.2 Å². The highest BCUT2D eigenvalue weighted by Gasteiger charge is 2.15. The van der Waals surface area contributed by atoms with Gasteiger partial charge >= 0.3 is 5.97 Å². The molecule has 2 aromatic rings. The number of ether oxygens (including phenoxy) is 2. The maximum absolute atomic E-state index is 11.6. The molecule has 2 aromatic carbocycles. The third-order valence-corrected chi connectivity index (χ3v) is 4.41. The molecule has 2 rings (SSSR count). The van der Waals surface area contributed by atoms with Crippen molar-refractivity contribution in [1.82, 2.24) is 4.90 Å². The van der Waals surface area contributed by atoms with Crippen LogP contribution in [0.15, 0.2) is 48.5 Å². The highest BCUT2D eigenvalue weighted by molar-refractivity contribution is 5.69. The second kappa shape index (κ2) is 11.5. The van der Waals surface area contributed by atoms with Crippen molar-refractivity contribution in [3.8, 4) is 5.75 Å². The van der Waals surface area contributed by atoms with Crippen LogP contribution in [0.1, 0.15) is 36.5 Å². The van der Waals surface area contributed by atoms with Gasteiger partial charge in [-0.05, 0) is 36.6 Å². The molecule has 5 heteroatoms. The first-order chi connectivity index (χ1) is 13.5. The zero-order chi connectivity index (χ0) is 20.4. The molecule has 152 valence electrons. The average molecular weight is 386 g/mol. The zero-order valence-corrected chi connectivity index (χ0v) is 17.1. The quantitative estimate of drug-likeness (QED) is 0.598. The van der Waals surface area contributed by atoms with E-state index in [1.165, 1.54) is 11.1 Å². The number of aliphatic hydroxyl groups excluding tert-OH is 1. The number of methoxy groups -OCH3 is 1. The van der Waals surface area contributed by atoms with E-state index in [1.807, 2.05) is 37.3 Å². The van der Waals surface area contributed by atoms with Crippen LogP contribution < -0.4 is 4.74 Å². The van der Waals surface area contributed by atoms with E-state index in [2.05, 4.69) is 30.0 Å². The monoisotopic (exact) mass is 385 g/mol. The SMILES string of the molecule is CCCC(=O)OC[C@@H](O)CN(Cc1ccc(OC)cc1)Cc1cccc(C)c1. The number of carbonyl (C=O) groups is 1. The number of aryl methyl sites for hydroxylation is 1. The van der Waals surface area contributed by atoms with Gasteiger partial charge in [0.1, 0.15) is 18.5 Å². The highest BCUT2D eigenvalue weighted by Crippen LogP contribution is 2.16. The van der Waals surface area contributed by atoms with E-state index in [-0.39, 0.29) is 12.6 Å². The number of benzene rings is 2. The standard InChI is InChI=1S/C23H31NO4/c1-4-6-23(26)28-17-21(25)16-24(15-20-8-5-7-18(2)13-20)14-19-9-11-22(27-3)12-10-19/h5,7-13,21,25H,4,6,14-17H2,1-3H3/t21-/m0/s1. The van der Waals surface area contributed by atoms with Crippen LogP contribution >= 0.6 is 0 Å². The lowest BCUT2D eigenvalue weighted by molar-refractivity contribution is -0.147. The molecule has 0 aliphatic heterocycles. The first-order valence-corrected chi connectivity index (χ1v) is 9.74. The van der Waals surface area contributed by atoms with Gasteiger partial charge in [-0.1, -0.05) is 48.9 Å². The first-order valence-electron chi connectivity index (χ1n) is 9.74. The zero-order valence-electron chi connectivity index (χ0n) is 17.1. The lowest BCUT2D eigenvalue weighted by atomic mass is 10.1. The minimum atomic E-state index is -0.733. The molecule has 0 aliphatic carbocycles. The van der Waals surface area contributed by atoms with E-state index >= 15 is 0 Å². The molecule has 1 N–H and O–H groups in total. The van der Waals surface area contributed by atoms with Gasteiger partial charge in [-0.15, -0.1) is 0 Å². The molecule has 0 fully saturated rings. The van der Waals surface area contributed by atoms with Gasteiger partial charge in [-0.2, -0.15) is 0 Å². The van der Waals surface area contributed by atoms with Crippen molar-refractivity contribution in [2.24, 2.45) is 0 Å². The van der Waals surface area contributed by atoms with E-state index in [0.29, 0.717) is 26.1 Å². The number of rotatable bonds is 11. The van der Waals surface area contributed by atoms with Crippen molar-refractivity contribution < 1.29 is 19.4 Å². The maximum atomic E-state index is 11.6. The predicted molar refractivity (Wildman–Crippen MR) is 110 cm³/mol. The molecule has 0 aromatic heterocycles. The van der Waals surface area contributed by atoms with Gasteiger partial charge in [-0.25, -0.2) is 0 Å². The molecule has 0 unspecified atom stereocenters. The number of carbonyl (C=O) groups excluding carboxylic acids is 1. The number of hydrogen-bond donors (Lipinski definition) is 1. The summed E-state index contributed by atoms with van der Waals surface area (Å²) in [4.78, 5) is 13.7.